The van der Waals surface area contributed by atoms with Crippen LogP contribution in [0.2, 0.25) is 0 Å². The lowest BCUT2D eigenvalue weighted by atomic mass is 9.37. The summed E-state index contributed by atoms with van der Waals surface area (Å²) in [6.45, 7) is 17.4. The van der Waals surface area contributed by atoms with Crippen LogP contribution in [0.3, 0.4) is 0 Å². The monoisotopic (exact) mass is 752 g/mol. The molecule has 6 aliphatic rings. The minimum Gasteiger partial charge on any atom is -0.463 e. The van der Waals surface area contributed by atoms with Crippen LogP contribution in [-0.2, 0) is 33.3 Å². The van der Waals surface area contributed by atoms with Gasteiger partial charge in [-0.05, 0) is 112 Å². The van der Waals surface area contributed by atoms with Gasteiger partial charge in [-0.25, -0.2) is 0 Å². The Hall–Kier alpha value is -1.38. The van der Waals surface area contributed by atoms with Gasteiger partial charge in [0, 0.05) is 31.8 Å². The average molecular weight is 753 g/mol. The second kappa shape index (κ2) is 13.9. The number of ether oxygens (including phenoxy) is 5. The molecule has 17 atom stereocenters. The highest BCUT2D eigenvalue weighted by atomic mass is 16.7. The molecule has 1 heterocycles. The van der Waals surface area contributed by atoms with Crippen LogP contribution in [0, 0.1) is 50.7 Å². The van der Waals surface area contributed by atoms with Crippen molar-refractivity contribution in [1.82, 2.24) is 0 Å². The van der Waals surface area contributed by atoms with Gasteiger partial charge in [-0.2, -0.15) is 0 Å². The Morgan fingerprint density at radius 1 is 0.887 bits per heavy atom. The summed E-state index contributed by atoms with van der Waals surface area (Å²) in [5, 5.41) is 55.3. The molecule has 0 spiro atoms. The molecule has 6 fully saturated rings. The molecule has 0 aromatic carbocycles. The number of esters is 2. The molecular weight excluding hydrogens is 684 g/mol. The van der Waals surface area contributed by atoms with Gasteiger partial charge in [-0.1, -0.05) is 34.6 Å². The van der Waals surface area contributed by atoms with E-state index in [2.05, 4.69) is 34.6 Å². The molecule has 1 saturated heterocycles. The molecule has 0 aromatic rings. The van der Waals surface area contributed by atoms with Crippen molar-refractivity contribution in [2.24, 2.45) is 50.7 Å². The maximum atomic E-state index is 12.3. The van der Waals surface area contributed by atoms with Gasteiger partial charge in [0.1, 0.15) is 43.2 Å². The molecular formula is C41H68O12. The number of carbonyl (C=O) groups excluding carboxylic acids is 2. The summed E-state index contributed by atoms with van der Waals surface area (Å²) in [4.78, 5) is 23.9. The maximum Gasteiger partial charge on any atom is 0.302 e. The van der Waals surface area contributed by atoms with Gasteiger partial charge < -0.3 is 49.2 Å². The van der Waals surface area contributed by atoms with Gasteiger partial charge >= 0.3 is 11.9 Å². The lowest BCUT2D eigenvalue weighted by Gasteiger charge is -2.69. The normalized spacial score (nSPS) is 47.5. The Kier molecular flexibility index (Phi) is 10.8. The first kappa shape index (κ1) is 41.3. The summed E-state index contributed by atoms with van der Waals surface area (Å²) in [6, 6.07) is 0. The average Bonchev–Trinajstić information content (AvgIpc) is 3.65. The van der Waals surface area contributed by atoms with Crippen molar-refractivity contribution >= 4 is 11.9 Å². The minimum atomic E-state index is -1.57. The summed E-state index contributed by atoms with van der Waals surface area (Å²) in [5.41, 5.74) is -1.74. The quantitative estimate of drug-likeness (QED) is 0.152. The van der Waals surface area contributed by atoms with Crippen molar-refractivity contribution in [2.45, 2.75) is 181 Å². The maximum absolute atomic E-state index is 12.3. The number of hydrogen-bond acceptors (Lipinski definition) is 12. The zero-order valence-electron chi connectivity index (χ0n) is 33.7. The highest BCUT2D eigenvalue weighted by molar-refractivity contribution is 5.66. The van der Waals surface area contributed by atoms with Crippen molar-refractivity contribution in [3.63, 3.8) is 0 Å². The Morgan fingerprint density at radius 2 is 1.57 bits per heavy atom. The van der Waals surface area contributed by atoms with E-state index in [0.29, 0.717) is 18.8 Å². The SMILES string of the molecule is COC(C)(C)C(O)C(O)CC(C)[C@@H]1CC[C@]23C[C@]12CC[C@@H]1[C@@]2(C)CC[C@@H](OC(C)=O)C(C)(C)[C@@H]2C[C@@H](O[C@@H]2O[C@H](COC(C)=O)[C@@H](O)[C@H](O)[C@H]2O)[C@]13C. The third-order valence-corrected chi connectivity index (χ3v) is 16.7. The number of aliphatic hydroxyl groups excluding tert-OH is 5. The summed E-state index contributed by atoms with van der Waals surface area (Å²) in [7, 11) is 1.55. The van der Waals surface area contributed by atoms with E-state index < -0.39 is 60.6 Å². The van der Waals surface area contributed by atoms with Crippen molar-refractivity contribution in [3.05, 3.63) is 0 Å². The molecule has 6 rings (SSSR count). The molecule has 12 nitrogen and oxygen atoms in total. The Bertz CT molecular complexity index is 1390. The largest absolute Gasteiger partial charge is 0.463 e. The summed E-state index contributed by atoms with van der Waals surface area (Å²) >= 11 is 0. The molecule has 53 heavy (non-hydrogen) atoms. The smallest absolute Gasteiger partial charge is 0.302 e. The van der Waals surface area contributed by atoms with E-state index in [1.54, 1.807) is 21.0 Å². The van der Waals surface area contributed by atoms with Crippen LogP contribution in [0.15, 0.2) is 0 Å². The Morgan fingerprint density at radius 3 is 2.19 bits per heavy atom. The van der Waals surface area contributed by atoms with Crippen LogP contribution >= 0.6 is 0 Å². The molecule has 12 heteroatoms. The Balaban J connectivity index is 1.35. The van der Waals surface area contributed by atoms with E-state index in [1.165, 1.54) is 13.8 Å². The second-order valence-corrected chi connectivity index (χ2v) is 19.7. The van der Waals surface area contributed by atoms with Gasteiger partial charge in [0.15, 0.2) is 6.29 Å². The minimum absolute atomic E-state index is 0.0357. The number of methoxy groups -OCH3 is 1. The summed E-state index contributed by atoms with van der Waals surface area (Å²) < 4.78 is 29.8. The van der Waals surface area contributed by atoms with Gasteiger partial charge in [0.25, 0.3) is 0 Å². The molecule has 0 bridgehead atoms. The first-order valence-electron chi connectivity index (χ1n) is 20.1. The summed E-state index contributed by atoms with van der Waals surface area (Å²) in [5.74, 6) is -0.00419. The zero-order valence-corrected chi connectivity index (χ0v) is 33.7. The molecule has 3 unspecified atom stereocenters. The molecule has 5 saturated carbocycles. The van der Waals surface area contributed by atoms with Crippen molar-refractivity contribution < 1.29 is 58.8 Å². The highest BCUT2D eigenvalue weighted by Gasteiger charge is 2.85. The number of carbonyl (C=O) groups is 2. The molecule has 5 N–H and O–H groups in total. The number of rotatable bonds is 11. The fourth-order valence-corrected chi connectivity index (χ4v) is 13.8. The predicted octanol–water partition coefficient (Wildman–Crippen LogP) is 3.90. The first-order valence-corrected chi connectivity index (χ1v) is 20.1. The van der Waals surface area contributed by atoms with Crippen molar-refractivity contribution in [1.29, 1.82) is 0 Å². The lowest BCUT2D eigenvalue weighted by molar-refractivity contribution is -0.344. The van der Waals surface area contributed by atoms with Crippen LogP contribution in [0.1, 0.15) is 120 Å². The highest BCUT2D eigenvalue weighted by Crippen LogP contribution is 2.91. The van der Waals surface area contributed by atoms with Crippen molar-refractivity contribution in [2.75, 3.05) is 13.7 Å². The van der Waals surface area contributed by atoms with Gasteiger partial charge in [-0.15, -0.1) is 0 Å². The molecule has 0 amide bonds. The predicted molar refractivity (Wildman–Crippen MR) is 193 cm³/mol. The lowest BCUT2D eigenvalue weighted by Crippen LogP contribution is -2.68. The number of fused-ring (bicyclic) bond motifs is 3. The van der Waals surface area contributed by atoms with Crippen molar-refractivity contribution in [3.8, 4) is 0 Å². The van der Waals surface area contributed by atoms with Gasteiger partial charge in [0.2, 0.25) is 0 Å². The number of hydrogen-bond donors (Lipinski definition) is 5. The van der Waals surface area contributed by atoms with E-state index in [4.69, 9.17) is 23.7 Å². The van der Waals surface area contributed by atoms with E-state index in [-0.39, 0.29) is 63.5 Å². The van der Waals surface area contributed by atoms with Crippen LogP contribution in [0.4, 0.5) is 0 Å². The molecule has 304 valence electrons. The van der Waals surface area contributed by atoms with Gasteiger partial charge in [0.05, 0.1) is 17.8 Å². The molecule has 5 aliphatic carbocycles. The zero-order chi connectivity index (χ0) is 39.3. The van der Waals surface area contributed by atoms with Gasteiger partial charge in [-0.3, -0.25) is 9.59 Å². The summed E-state index contributed by atoms with van der Waals surface area (Å²) in [6.07, 6.45) is -1.71. The van der Waals surface area contributed by atoms with Crippen LogP contribution < -0.4 is 0 Å². The van der Waals surface area contributed by atoms with Crippen LogP contribution in [0.25, 0.3) is 0 Å². The Labute approximate surface area is 315 Å². The van der Waals surface area contributed by atoms with E-state index in [0.717, 1.165) is 44.9 Å². The molecule has 0 radical (unpaired) electrons. The van der Waals surface area contributed by atoms with E-state index in [1.807, 2.05) is 0 Å². The second-order valence-electron chi connectivity index (χ2n) is 19.7. The molecule has 1 aliphatic heterocycles. The standard InChI is InChI=1S/C41H68O12/c1-21(17-25(44)34(48)37(6,7)49-10)24-11-16-41-20-40(24,41)15-12-27-38(8)14-13-29(51-23(3)43)36(4,5)28(38)18-30(39(27,41)9)53-35-33(47)32(46)31(45)26(52-35)19-50-22(2)42/h21,24-35,44-48H,11-20H2,1-10H3/t21?,24-,25?,26+,27+,28-,29+,30+,31+,32-,33+,34?,35-,38+,39-,40+,41+/m0/s1. The van der Waals surface area contributed by atoms with E-state index >= 15 is 0 Å². The topological polar surface area (TPSA) is 181 Å². The molecule has 0 aromatic heterocycles. The third kappa shape index (κ3) is 6.23. The first-order chi connectivity index (χ1) is 24.5. The van der Waals surface area contributed by atoms with Crippen LogP contribution in [-0.4, -0.2) is 112 Å². The number of aliphatic hydroxyl groups is 5. The van der Waals surface area contributed by atoms with Crippen LogP contribution in [0.5, 0.6) is 0 Å². The van der Waals surface area contributed by atoms with E-state index in [9.17, 15) is 35.1 Å². The fourth-order valence-electron chi connectivity index (χ4n) is 13.8. The third-order valence-electron chi connectivity index (χ3n) is 16.7. The fraction of sp³-hybridized carbons (Fsp3) is 0.951.